The molecule has 6 heteroatoms. The lowest BCUT2D eigenvalue weighted by Crippen LogP contribution is -2.24. The Morgan fingerprint density at radius 2 is 2.26 bits per heavy atom. The van der Waals surface area contributed by atoms with Crippen molar-refractivity contribution in [3.05, 3.63) is 26.8 Å². The molecule has 0 spiro atoms. The standard InChI is InChI=1S/C13H17BrN4S/c1-13(2,3)10-9(14)11-15-5-4-8(18(11)17-10)12-16-6-7-19-12/h6-8,15H,4-5H2,1-3H3. The first-order valence-corrected chi connectivity index (χ1v) is 8.07. The molecule has 0 saturated heterocycles. The van der Waals surface area contributed by atoms with Crippen LogP contribution in [0.3, 0.4) is 0 Å². The highest BCUT2D eigenvalue weighted by atomic mass is 79.9. The maximum absolute atomic E-state index is 4.83. The Hall–Kier alpha value is -0.880. The molecule has 3 heterocycles. The van der Waals surface area contributed by atoms with Crippen molar-refractivity contribution in [1.29, 1.82) is 0 Å². The van der Waals surface area contributed by atoms with Crippen LogP contribution in [0.4, 0.5) is 5.82 Å². The number of nitrogens with zero attached hydrogens (tertiary/aromatic N) is 3. The molecule has 0 aromatic carbocycles. The zero-order valence-corrected chi connectivity index (χ0v) is 13.7. The normalized spacial score (nSPS) is 19.1. The molecule has 0 amide bonds. The summed E-state index contributed by atoms with van der Waals surface area (Å²) >= 11 is 5.40. The third kappa shape index (κ3) is 2.21. The Labute approximate surface area is 125 Å². The molecule has 0 fully saturated rings. The lowest BCUT2D eigenvalue weighted by atomic mass is 9.92. The molecular weight excluding hydrogens is 324 g/mol. The summed E-state index contributed by atoms with van der Waals surface area (Å²) in [5, 5.41) is 11.4. The minimum absolute atomic E-state index is 0.0261. The van der Waals surface area contributed by atoms with Gasteiger partial charge >= 0.3 is 0 Å². The van der Waals surface area contributed by atoms with Crippen LogP contribution in [0.5, 0.6) is 0 Å². The van der Waals surface area contributed by atoms with Gasteiger partial charge < -0.3 is 5.32 Å². The summed E-state index contributed by atoms with van der Waals surface area (Å²) in [6, 6.07) is 0.253. The molecule has 1 aliphatic heterocycles. The fourth-order valence-corrected chi connectivity index (χ4v) is 4.11. The summed E-state index contributed by atoms with van der Waals surface area (Å²) in [4.78, 5) is 4.45. The molecular formula is C13H17BrN4S. The number of halogens is 1. The van der Waals surface area contributed by atoms with E-state index >= 15 is 0 Å². The van der Waals surface area contributed by atoms with Gasteiger partial charge in [-0.2, -0.15) is 5.10 Å². The van der Waals surface area contributed by atoms with Gasteiger partial charge in [0, 0.05) is 23.5 Å². The monoisotopic (exact) mass is 340 g/mol. The molecule has 0 saturated carbocycles. The van der Waals surface area contributed by atoms with Crippen LogP contribution in [0, 0.1) is 0 Å². The smallest absolute Gasteiger partial charge is 0.139 e. The van der Waals surface area contributed by atoms with E-state index in [1.165, 1.54) is 0 Å². The van der Waals surface area contributed by atoms with Crippen LogP contribution in [-0.2, 0) is 5.41 Å². The maximum atomic E-state index is 4.83. The van der Waals surface area contributed by atoms with E-state index in [2.05, 4.69) is 51.7 Å². The molecule has 1 unspecified atom stereocenters. The van der Waals surface area contributed by atoms with Gasteiger partial charge in [0.2, 0.25) is 0 Å². The minimum Gasteiger partial charge on any atom is -0.369 e. The first-order valence-electron chi connectivity index (χ1n) is 6.40. The van der Waals surface area contributed by atoms with Crippen LogP contribution in [0.2, 0.25) is 0 Å². The number of rotatable bonds is 1. The molecule has 1 aliphatic rings. The van der Waals surface area contributed by atoms with E-state index in [9.17, 15) is 0 Å². The topological polar surface area (TPSA) is 42.7 Å². The summed E-state index contributed by atoms with van der Waals surface area (Å²) in [7, 11) is 0. The Morgan fingerprint density at radius 1 is 1.47 bits per heavy atom. The van der Waals surface area contributed by atoms with E-state index in [1.54, 1.807) is 11.3 Å². The van der Waals surface area contributed by atoms with Crippen molar-refractivity contribution < 1.29 is 0 Å². The van der Waals surface area contributed by atoms with Gasteiger partial charge in [0.1, 0.15) is 16.9 Å². The zero-order valence-electron chi connectivity index (χ0n) is 11.3. The van der Waals surface area contributed by atoms with Gasteiger partial charge in [-0.05, 0) is 22.4 Å². The molecule has 102 valence electrons. The Balaban J connectivity index is 2.11. The second-order valence-corrected chi connectivity index (χ2v) is 7.53. The van der Waals surface area contributed by atoms with Crippen molar-refractivity contribution in [1.82, 2.24) is 14.8 Å². The van der Waals surface area contributed by atoms with Gasteiger partial charge in [-0.1, -0.05) is 20.8 Å². The summed E-state index contributed by atoms with van der Waals surface area (Å²) in [5.41, 5.74) is 1.12. The van der Waals surface area contributed by atoms with Crippen LogP contribution in [0.15, 0.2) is 16.0 Å². The molecule has 1 N–H and O–H groups in total. The molecule has 0 bridgehead atoms. The van der Waals surface area contributed by atoms with Crippen LogP contribution in [0.1, 0.15) is 43.9 Å². The van der Waals surface area contributed by atoms with Crippen LogP contribution in [-0.4, -0.2) is 21.3 Å². The van der Waals surface area contributed by atoms with E-state index in [0.717, 1.165) is 34.0 Å². The molecule has 0 aliphatic carbocycles. The van der Waals surface area contributed by atoms with Gasteiger partial charge in [-0.15, -0.1) is 11.3 Å². The largest absolute Gasteiger partial charge is 0.369 e. The molecule has 1 atom stereocenters. The fraction of sp³-hybridized carbons (Fsp3) is 0.538. The third-order valence-corrected chi connectivity index (χ3v) is 4.93. The molecule has 4 nitrogen and oxygen atoms in total. The number of fused-ring (bicyclic) bond motifs is 1. The molecule has 0 radical (unpaired) electrons. The highest BCUT2D eigenvalue weighted by molar-refractivity contribution is 9.10. The number of anilines is 1. The van der Waals surface area contributed by atoms with Crippen molar-refractivity contribution in [2.75, 3.05) is 11.9 Å². The molecule has 3 rings (SSSR count). The molecule has 2 aromatic heterocycles. The van der Waals surface area contributed by atoms with Crippen molar-refractivity contribution in [2.24, 2.45) is 0 Å². The first kappa shape index (κ1) is 13.1. The van der Waals surface area contributed by atoms with E-state index in [0.29, 0.717) is 0 Å². The zero-order chi connectivity index (χ0) is 13.6. The lowest BCUT2D eigenvalue weighted by Gasteiger charge is -2.24. The predicted molar refractivity (Wildman–Crippen MR) is 82.0 cm³/mol. The van der Waals surface area contributed by atoms with Gasteiger partial charge in [-0.25, -0.2) is 9.67 Å². The summed E-state index contributed by atoms with van der Waals surface area (Å²) in [5.74, 6) is 1.08. The number of hydrogen-bond acceptors (Lipinski definition) is 4. The lowest BCUT2D eigenvalue weighted by molar-refractivity contribution is 0.461. The van der Waals surface area contributed by atoms with Gasteiger partial charge in [-0.3, -0.25) is 0 Å². The number of thiazole rings is 1. The minimum atomic E-state index is 0.0261. The fourth-order valence-electron chi connectivity index (χ4n) is 2.35. The highest BCUT2D eigenvalue weighted by Gasteiger charge is 2.31. The number of nitrogens with one attached hydrogen (secondary N) is 1. The maximum Gasteiger partial charge on any atom is 0.139 e. The second kappa shape index (κ2) is 4.59. The van der Waals surface area contributed by atoms with E-state index in [-0.39, 0.29) is 11.5 Å². The molecule has 2 aromatic rings. The summed E-state index contributed by atoms with van der Waals surface area (Å²) in [6.45, 7) is 7.51. The van der Waals surface area contributed by atoms with E-state index < -0.39 is 0 Å². The number of aromatic nitrogens is 3. The first-order chi connectivity index (χ1) is 8.98. The average molecular weight is 341 g/mol. The number of hydrogen-bond donors (Lipinski definition) is 1. The van der Waals surface area contributed by atoms with E-state index in [4.69, 9.17) is 5.10 Å². The van der Waals surface area contributed by atoms with Crippen LogP contribution in [0.25, 0.3) is 0 Å². The SMILES string of the molecule is CC(C)(C)c1nn2c(c1Br)NCCC2c1nccs1. The highest BCUT2D eigenvalue weighted by Crippen LogP contribution is 2.40. The van der Waals surface area contributed by atoms with Crippen LogP contribution < -0.4 is 5.32 Å². The van der Waals surface area contributed by atoms with Gasteiger partial charge in [0.15, 0.2) is 0 Å². The van der Waals surface area contributed by atoms with Crippen LogP contribution >= 0.6 is 27.3 Å². The summed E-state index contributed by atoms with van der Waals surface area (Å²) < 4.78 is 3.17. The predicted octanol–water partition coefficient (Wildman–Crippen LogP) is 3.80. The summed E-state index contributed by atoms with van der Waals surface area (Å²) in [6.07, 6.45) is 2.89. The Bertz CT molecular complexity index is 583. The second-order valence-electron chi connectivity index (χ2n) is 5.81. The van der Waals surface area contributed by atoms with Crippen molar-refractivity contribution in [2.45, 2.75) is 38.6 Å². The third-order valence-electron chi connectivity index (χ3n) is 3.30. The van der Waals surface area contributed by atoms with Crippen molar-refractivity contribution in [3.8, 4) is 0 Å². The quantitative estimate of drug-likeness (QED) is 0.858. The Kier molecular flexibility index (Phi) is 3.17. The average Bonchev–Trinajstić information content (AvgIpc) is 2.96. The van der Waals surface area contributed by atoms with Gasteiger partial charge in [0.25, 0.3) is 0 Å². The van der Waals surface area contributed by atoms with Crippen molar-refractivity contribution in [3.63, 3.8) is 0 Å². The molecule has 19 heavy (non-hydrogen) atoms. The van der Waals surface area contributed by atoms with E-state index in [1.807, 2.05) is 11.6 Å². The Morgan fingerprint density at radius 3 is 2.89 bits per heavy atom. The van der Waals surface area contributed by atoms with Crippen molar-refractivity contribution >= 4 is 33.1 Å². The van der Waals surface area contributed by atoms with Gasteiger partial charge in [0.05, 0.1) is 10.2 Å².